The van der Waals surface area contributed by atoms with Crippen molar-refractivity contribution in [3.8, 4) is 0 Å². The van der Waals surface area contributed by atoms with Gasteiger partial charge in [-0.3, -0.25) is 9.59 Å². The second kappa shape index (κ2) is 5.11. The summed E-state index contributed by atoms with van der Waals surface area (Å²) >= 11 is 0. The summed E-state index contributed by atoms with van der Waals surface area (Å²) in [6.07, 6.45) is -0.147. The summed E-state index contributed by atoms with van der Waals surface area (Å²) in [6, 6.07) is -1.21. The van der Waals surface area contributed by atoms with Gasteiger partial charge in [0.1, 0.15) is 6.04 Å². The van der Waals surface area contributed by atoms with Crippen LogP contribution in [0.15, 0.2) is 0 Å². The molecular weight excluding hydrogens is 166 g/mol. The minimum Gasteiger partial charge on any atom is -0.480 e. The lowest BCUT2D eigenvalue weighted by Crippen LogP contribution is -2.37. The number of hydrogen-bond donors (Lipinski definition) is 2. The Morgan fingerprint density at radius 2 is 2.25 bits per heavy atom. The molecule has 0 radical (unpaired) electrons. The summed E-state index contributed by atoms with van der Waals surface area (Å²) in [4.78, 5) is 30.7. The fraction of sp³-hybridized carbons (Fsp3) is 0.500. The number of rotatable bonds is 5. The third-order valence-corrected chi connectivity index (χ3v) is 1.17. The van der Waals surface area contributed by atoms with E-state index in [4.69, 9.17) is 5.11 Å². The van der Waals surface area contributed by atoms with Gasteiger partial charge >= 0.3 is 11.9 Å². The monoisotopic (exact) mass is 175 g/mol. The van der Waals surface area contributed by atoms with Crippen molar-refractivity contribution in [3.05, 3.63) is 0 Å². The average molecular weight is 175 g/mol. The van der Waals surface area contributed by atoms with Crippen LogP contribution in [0.2, 0.25) is 0 Å². The minimum atomic E-state index is -1.27. The number of carboxylic acid groups (broad SMARTS) is 1. The Kier molecular flexibility index (Phi) is 4.43. The zero-order valence-electron chi connectivity index (χ0n) is 6.44. The Hall–Kier alpha value is -1.59. The molecule has 6 heteroatoms. The fourth-order valence-corrected chi connectivity index (χ4v) is 0.550. The minimum absolute atomic E-state index is 0.224. The molecule has 1 atom stereocenters. The molecule has 1 amide bonds. The lowest BCUT2D eigenvalue weighted by Gasteiger charge is -2.08. The summed E-state index contributed by atoms with van der Waals surface area (Å²) in [5, 5.41) is 10.4. The van der Waals surface area contributed by atoms with E-state index >= 15 is 0 Å². The van der Waals surface area contributed by atoms with E-state index in [-0.39, 0.29) is 12.8 Å². The van der Waals surface area contributed by atoms with E-state index in [0.29, 0.717) is 0 Å². The van der Waals surface area contributed by atoms with Gasteiger partial charge in [-0.2, -0.15) is 0 Å². The van der Waals surface area contributed by atoms with Crippen molar-refractivity contribution in [1.29, 1.82) is 0 Å². The predicted molar refractivity (Wildman–Crippen MR) is 37.3 cm³/mol. The molecule has 2 N–H and O–H groups in total. The molecule has 0 fully saturated rings. The quantitative estimate of drug-likeness (QED) is 0.402. The molecule has 0 heterocycles. The Balaban J connectivity index is 4.03. The highest BCUT2D eigenvalue weighted by molar-refractivity contribution is 5.83. The molecule has 0 aromatic rings. The number of aliphatic carboxylic acids is 1. The van der Waals surface area contributed by atoms with Crippen LogP contribution in [0.25, 0.3) is 0 Å². The molecule has 0 aromatic carbocycles. The zero-order chi connectivity index (χ0) is 9.56. The SMILES string of the molecule is COC(=O)C[C@H](NC=O)C(=O)O. The number of amides is 1. The summed E-state index contributed by atoms with van der Waals surface area (Å²) in [5.74, 6) is -1.95. The largest absolute Gasteiger partial charge is 0.480 e. The van der Waals surface area contributed by atoms with Crippen molar-refractivity contribution in [3.63, 3.8) is 0 Å². The topological polar surface area (TPSA) is 92.7 Å². The fourth-order valence-electron chi connectivity index (χ4n) is 0.550. The van der Waals surface area contributed by atoms with E-state index in [0.717, 1.165) is 7.11 Å². The first kappa shape index (κ1) is 10.4. The maximum atomic E-state index is 10.6. The molecule has 68 valence electrons. The Morgan fingerprint density at radius 3 is 2.58 bits per heavy atom. The number of carbonyl (C=O) groups is 3. The first-order valence-electron chi connectivity index (χ1n) is 3.11. The summed E-state index contributed by atoms with van der Waals surface area (Å²) in [5.41, 5.74) is 0. The van der Waals surface area contributed by atoms with Crippen molar-refractivity contribution < 1.29 is 24.2 Å². The second-order valence-corrected chi connectivity index (χ2v) is 1.96. The van der Waals surface area contributed by atoms with Gasteiger partial charge in [-0.25, -0.2) is 4.79 Å². The van der Waals surface area contributed by atoms with Gasteiger partial charge in [-0.05, 0) is 0 Å². The molecule has 0 unspecified atom stereocenters. The van der Waals surface area contributed by atoms with Crippen LogP contribution < -0.4 is 5.32 Å². The number of ether oxygens (including phenoxy) is 1. The maximum absolute atomic E-state index is 10.6. The average Bonchev–Trinajstić information content (AvgIpc) is 2.03. The van der Waals surface area contributed by atoms with E-state index in [9.17, 15) is 14.4 Å². The van der Waals surface area contributed by atoms with Gasteiger partial charge in [0, 0.05) is 0 Å². The highest BCUT2D eigenvalue weighted by atomic mass is 16.5. The van der Waals surface area contributed by atoms with Gasteiger partial charge in [0.2, 0.25) is 6.41 Å². The molecule has 6 nitrogen and oxygen atoms in total. The number of hydrogen-bond acceptors (Lipinski definition) is 4. The Morgan fingerprint density at radius 1 is 1.67 bits per heavy atom. The summed E-state index contributed by atoms with van der Waals surface area (Å²) < 4.78 is 4.22. The third-order valence-electron chi connectivity index (χ3n) is 1.17. The Bertz CT molecular complexity index is 190. The van der Waals surface area contributed by atoms with Gasteiger partial charge in [0.15, 0.2) is 0 Å². The van der Waals surface area contributed by atoms with Gasteiger partial charge in [0.25, 0.3) is 0 Å². The van der Waals surface area contributed by atoms with E-state index < -0.39 is 18.0 Å². The van der Waals surface area contributed by atoms with E-state index in [1.165, 1.54) is 0 Å². The highest BCUT2D eigenvalue weighted by Gasteiger charge is 2.20. The standard InChI is InChI=1S/C6H9NO5/c1-12-5(9)2-4(6(10)11)7-3-8/h3-4H,2H2,1H3,(H,7,8)(H,10,11)/t4-/m0/s1. The number of esters is 1. The molecule has 0 aromatic heterocycles. The molecule has 0 aliphatic heterocycles. The molecule has 0 saturated heterocycles. The van der Waals surface area contributed by atoms with E-state index in [1.54, 1.807) is 0 Å². The predicted octanol–water partition coefficient (Wildman–Crippen LogP) is -1.25. The number of carbonyl (C=O) groups excluding carboxylic acids is 2. The first-order chi connectivity index (χ1) is 5.61. The summed E-state index contributed by atoms with van der Waals surface area (Å²) in [6.45, 7) is 0. The van der Waals surface area contributed by atoms with Gasteiger partial charge < -0.3 is 15.2 Å². The molecule has 0 aliphatic rings. The molecule has 0 aliphatic carbocycles. The Labute approximate surface area is 68.5 Å². The van der Waals surface area contributed by atoms with E-state index in [1.807, 2.05) is 5.32 Å². The number of methoxy groups -OCH3 is 1. The van der Waals surface area contributed by atoms with Crippen molar-refractivity contribution in [2.45, 2.75) is 12.5 Å². The lowest BCUT2D eigenvalue weighted by atomic mass is 10.2. The second-order valence-electron chi connectivity index (χ2n) is 1.96. The highest BCUT2D eigenvalue weighted by Crippen LogP contribution is 1.93. The van der Waals surface area contributed by atoms with Crippen molar-refractivity contribution in [2.24, 2.45) is 0 Å². The zero-order valence-corrected chi connectivity index (χ0v) is 6.44. The maximum Gasteiger partial charge on any atom is 0.326 e. The lowest BCUT2D eigenvalue weighted by molar-refractivity contribution is -0.148. The van der Waals surface area contributed by atoms with Gasteiger partial charge in [-0.1, -0.05) is 0 Å². The molecule has 0 saturated carbocycles. The molecule has 0 rings (SSSR count). The normalized spacial score (nSPS) is 11.4. The summed E-state index contributed by atoms with van der Waals surface area (Å²) in [7, 11) is 1.14. The van der Waals surface area contributed by atoms with Crippen LogP contribution in [-0.4, -0.2) is 36.6 Å². The van der Waals surface area contributed by atoms with E-state index in [2.05, 4.69) is 4.74 Å². The molecule has 12 heavy (non-hydrogen) atoms. The van der Waals surface area contributed by atoms with Crippen LogP contribution in [0.5, 0.6) is 0 Å². The van der Waals surface area contributed by atoms with Crippen LogP contribution in [0.3, 0.4) is 0 Å². The number of nitrogens with one attached hydrogen (secondary N) is 1. The van der Waals surface area contributed by atoms with Crippen molar-refractivity contribution in [2.75, 3.05) is 7.11 Å². The van der Waals surface area contributed by atoms with Crippen LogP contribution >= 0.6 is 0 Å². The first-order valence-corrected chi connectivity index (χ1v) is 3.11. The molecular formula is C6H9NO5. The molecule has 0 spiro atoms. The van der Waals surface area contributed by atoms with Crippen molar-refractivity contribution >= 4 is 18.3 Å². The van der Waals surface area contributed by atoms with Gasteiger partial charge in [0.05, 0.1) is 13.5 Å². The van der Waals surface area contributed by atoms with Crippen LogP contribution in [0.4, 0.5) is 0 Å². The number of carboxylic acids is 1. The van der Waals surface area contributed by atoms with Crippen LogP contribution in [-0.2, 0) is 19.1 Å². The third kappa shape index (κ3) is 3.55. The van der Waals surface area contributed by atoms with Crippen molar-refractivity contribution in [1.82, 2.24) is 5.32 Å². The smallest absolute Gasteiger partial charge is 0.326 e. The molecule has 0 bridgehead atoms. The van der Waals surface area contributed by atoms with Gasteiger partial charge in [-0.15, -0.1) is 0 Å². The van der Waals surface area contributed by atoms with Crippen LogP contribution in [0, 0.1) is 0 Å². The van der Waals surface area contributed by atoms with Crippen LogP contribution in [0.1, 0.15) is 6.42 Å².